The number of ether oxygens (including phenoxy) is 2. The zero-order valence-electron chi connectivity index (χ0n) is 16.0. The Morgan fingerprint density at radius 2 is 1.38 bits per heavy atom. The molecule has 0 saturated carbocycles. The Hall–Kier alpha value is -2.36. The molecule has 0 fully saturated rings. The van der Waals surface area contributed by atoms with Crippen molar-refractivity contribution in [1.29, 1.82) is 0 Å². The fraction of sp³-hybridized carbons (Fsp3) is 0.455. The summed E-state index contributed by atoms with van der Waals surface area (Å²) in [5.74, 6) is 1.45. The van der Waals surface area contributed by atoms with Gasteiger partial charge in [-0.3, -0.25) is 0 Å². The smallest absolute Gasteiger partial charge is 0.188 e. The largest absolute Gasteiger partial charge is 0.490 e. The van der Waals surface area contributed by atoms with Gasteiger partial charge in [0.1, 0.15) is 5.69 Å². The summed E-state index contributed by atoms with van der Waals surface area (Å²) in [5, 5.41) is 8.72. The van der Waals surface area contributed by atoms with Gasteiger partial charge in [-0.1, -0.05) is 63.8 Å². The fourth-order valence-corrected chi connectivity index (χ4v) is 2.51. The lowest BCUT2D eigenvalue weighted by Gasteiger charge is -2.14. The summed E-state index contributed by atoms with van der Waals surface area (Å²) in [5.41, 5.74) is 1.53. The Bertz CT molecular complexity index is 656. The van der Waals surface area contributed by atoms with E-state index >= 15 is 0 Å². The number of para-hydroxylation sites is 1. The molecule has 0 atom stereocenters. The molecule has 0 unspecified atom stereocenters. The monoisotopic (exact) mass is 354 g/mol. The second-order valence-electron chi connectivity index (χ2n) is 6.25. The van der Waals surface area contributed by atoms with Gasteiger partial charge in [0.15, 0.2) is 11.5 Å². The van der Waals surface area contributed by atoms with E-state index < -0.39 is 0 Å². The van der Waals surface area contributed by atoms with Gasteiger partial charge in [0, 0.05) is 0 Å². The zero-order valence-corrected chi connectivity index (χ0v) is 16.0. The normalized spacial score (nSPS) is 11.0. The highest BCUT2D eigenvalue weighted by Crippen LogP contribution is 2.38. The van der Waals surface area contributed by atoms with Crippen molar-refractivity contribution in [2.45, 2.75) is 52.4 Å². The van der Waals surface area contributed by atoms with Crippen LogP contribution in [0.25, 0.3) is 0 Å². The molecule has 0 radical (unpaired) electrons. The molecule has 2 rings (SSSR count). The molecule has 0 aromatic heterocycles. The molecular formula is C22H30N2O2. The summed E-state index contributed by atoms with van der Waals surface area (Å²) in [6.07, 6.45) is 6.73. The number of nitrogens with zero attached hydrogens (tertiary/aromatic N) is 2. The first-order valence-electron chi connectivity index (χ1n) is 9.70. The first-order chi connectivity index (χ1) is 12.8. The lowest BCUT2D eigenvalue weighted by atomic mass is 10.2. The Morgan fingerprint density at radius 3 is 2.08 bits per heavy atom. The van der Waals surface area contributed by atoms with Gasteiger partial charge in [0.2, 0.25) is 0 Å². The minimum Gasteiger partial charge on any atom is -0.490 e. The van der Waals surface area contributed by atoms with Gasteiger partial charge in [-0.05, 0) is 37.1 Å². The van der Waals surface area contributed by atoms with Gasteiger partial charge in [0.25, 0.3) is 0 Å². The Labute approximate surface area is 157 Å². The van der Waals surface area contributed by atoms with E-state index in [4.69, 9.17) is 9.47 Å². The molecule has 0 aliphatic heterocycles. The third kappa shape index (κ3) is 6.87. The standard InChI is InChI=1S/C22H30N2O2/c1-3-5-10-17-25-21-16-12-15-20(22(21)26-18-11-6-4-2)24-23-19-13-8-7-9-14-19/h7-9,12-16H,3-6,10-11,17-18H2,1-2H3. The van der Waals surface area contributed by atoms with Gasteiger partial charge in [-0.2, -0.15) is 5.11 Å². The van der Waals surface area contributed by atoms with E-state index in [1.807, 2.05) is 48.5 Å². The lowest BCUT2D eigenvalue weighted by Crippen LogP contribution is -2.02. The van der Waals surface area contributed by atoms with Crippen molar-refractivity contribution < 1.29 is 9.47 Å². The lowest BCUT2D eigenvalue weighted by molar-refractivity contribution is 0.260. The predicted octanol–water partition coefficient (Wildman–Crippen LogP) is 7.24. The third-order valence-electron chi connectivity index (χ3n) is 3.99. The Kier molecular flexibility index (Phi) is 9.26. The van der Waals surface area contributed by atoms with E-state index in [9.17, 15) is 0 Å². The highest BCUT2D eigenvalue weighted by Gasteiger charge is 2.11. The summed E-state index contributed by atoms with van der Waals surface area (Å²) in [6, 6.07) is 15.5. The van der Waals surface area contributed by atoms with Crippen LogP contribution in [0.4, 0.5) is 11.4 Å². The summed E-state index contributed by atoms with van der Waals surface area (Å²) in [6.45, 7) is 5.73. The topological polar surface area (TPSA) is 43.2 Å². The van der Waals surface area contributed by atoms with Gasteiger partial charge in [0.05, 0.1) is 18.9 Å². The van der Waals surface area contributed by atoms with Crippen LogP contribution < -0.4 is 9.47 Å². The molecule has 0 heterocycles. The Balaban J connectivity index is 2.14. The molecular weight excluding hydrogens is 324 g/mol. The molecule has 0 N–H and O–H groups in total. The second-order valence-corrected chi connectivity index (χ2v) is 6.25. The number of azo groups is 1. The molecule has 2 aromatic carbocycles. The van der Waals surface area contributed by atoms with Crippen molar-refractivity contribution in [3.8, 4) is 11.5 Å². The summed E-state index contributed by atoms with van der Waals surface area (Å²) >= 11 is 0. The van der Waals surface area contributed by atoms with Crippen LogP contribution in [0.2, 0.25) is 0 Å². The summed E-state index contributed by atoms with van der Waals surface area (Å²) in [7, 11) is 0. The van der Waals surface area contributed by atoms with E-state index in [1.54, 1.807) is 0 Å². The minimum absolute atomic E-state index is 0.664. The second kappa shape index (κ2) is 12.1. The van der Waals surface area contributed by atoms with Crippen molar-refractivity contribution >= 4 is 11.4 Å². The number of hydrogen-bond acceptors (Lipinski definition) is 4. The van der Waals surface area contributed by atoms with Crippen molar-refractivity contribution in [3.05, 3.63) is 48.5 Å². The molecule has 0 aliphatic rings. The van der Waals surface area contributed by atoms with E-state index in [-0.39, 0.29) is 0 Å². The quantitative estimate of drug-likeness (QED) is 0.298. The van der Waals surface area contributed by atoms with Crippen LogP contribution in [0.15, 0.2) is 58.8 Å². The minimum atomic E-state index is 0.664. The first kappa shape index (κ1) is 20.0. The first-order valence-corrected chi connectivity index (χ1v) is 9.70. The molecule has 0 saturated heterocycles. The van der Waals surface area contributed by atoms with E-state index in [1.165, 1.54) is 19.3 Å². The predicted molar refractivity (Wildman–Crippen MR) is 107 cm³/mol. The van der Waals surface area contributed by atoms with Crippen LogP contribution in [0, 0.1) is 0 Å². The molecule has 26 heavy (non-hydrogen) atoms. The van der Waals surface area contributed by atoms with Crippen LogP contribution in [-0.2, 0) is 0 Å². The number of hydrogen-bond donors (Lipinski definition) is 0. The zero-order chi connectivity index (χ0) is 18.5. The molecule has 0 bridgehead atoms. The van der Waals surface area contributed by atoms with Crippen LogP contribution in [0.3, 0.4) is 0 Å². The average molecular weight is 354 g/mol. The van der Waals surface area contributed by atoms with Crippen molar-refractivity contribution in [2.75, 3.05) is 13.2 Å². The average Bonchev–Trinajstić information content (AvgIpc) is 2.68. The van der Waals surface area contributed by atoms with Crippen molar-refractivity contribution in [1.82, 2.24) is 0 Å². The van der Waals surface area contributed by atoms with E-state index in [2.05, 4.69) is 24.1 Å². The molecule has 0 aliphatic carbocycles. The molecule has 140 valence electrons. The van der Waals surface area contributed by atoms with Crippen LogP contribution in [0.1, 0.15) is 52.4 Å². The van der Waals surface area contributed by atoms with Crippen LogP contribution >= 0.6 is 0 Å². The molecule has 2 aromatic rings. The van der Waals surface area contributed by atoms with E-state index in [0.717, 1.165) is 30.7 Å². The van der Waals surface area contributed by atoms with E-state index in [0.29, 0.717) is 24.7 Å². The van der Waals surface area contributed by atoms with Gasteiger partial charge >= 0.3 is 0 Å². The molecule has 0 spiro atoms. The van der Waals surface area contributed by atoms with Crippen LogP contribution in [0.5, 0.6) is 11.5 Å². The summed E-state index contributed by atoms with van der Waals surface area (Å²) < 4.78 is 12.0. The molecule has 4 heteroatoms. The summed E-state index contributed by atoms with van der Waals surface area (Å²) in [4.78, 5) is 0. The number of benzene rings is 2. The van der Waals surface area contributed by atoms with Crippen LogP contribution in [-0.4, -0.2) is 13.2 Å². The number of rotatable bonds is 12. The SMILES string of the molecule is CCCCCOc1cccc(N=Nc2ccccc2)c1OCCCCC. The maximum Gasteiger partial charge on any atom is 0.188 e. The Morgan fingerprint density at radius 1 is 0.692 bits per heavy atom. The number of unbranched alkanes of at least 4 members (excludes halogenated alkanes) is 4. The maximum atomic E-state index is 6.04. The van der Waals surface area contributed by atoms with Gasteiger partial charge < -0.3 is 9.47 Å². The highest BCUT2D eigenvalue weighted by atomic mass is 16.5. The molecule has 4 nitrogen and oxygen atoms in total. The van der Waals surface area contributed by atoms with Gasteiger partial charge in [-0.15, -0.1) is 5.11 Å². The maximum absolute atomic E-state index is 6.04. The highest BCUT2D eigenvalue weighted by molar-refractivity contribution is 5.59. The third-order valence-corrected chi connectivity index (χ3v) is 3.99. The fourth-order valence-electron chi connectivity index (χ4n) is 2.51. The van der Waals surface area contributed by atoms with Gasteiger partial charge in [-0.25, -0.2) is 0 Å². The van der Waals surface area contributed by atoms with Crippen molar-refractivity contribution in [3.63, 3.8) is 0 Å². The van der Waals surface area contributed by atoms with Crippen molar-refractivity contribution in [2.24, 2.45) is 10.2 Å². The molecule has 0 amide bonds.